The number of hydrogen-bond donors (Lipinski definition) is 1. The van der Waals surface area contributed by atoms with Gasteiger partial charge in [0.1, 0.15) is 18.7 Å². The van der Waals surface area contributed by atoms with Gasteiger partial charge in [-0.05, 0) is 13.8 Å². The largest absolute Gasteiger partial charge is 0.369 e. The fraction of sp³-hybridized carbons (Fsp3) is 0.667. The van der Waals surface area contributed by atoms with Gasteiger partial charge in [0.2, 0.25) is 11.8 Å². The van der Waals surface area contributed by atoms with E-state index >= 15 is 0 Å². The van der Waals surface area contributed by atoms with Gasteiger partial charge < -0.3 is 9.64 Å². The van der Waals surface area contributed by atoms with E-state index in [2.05, 4.69) is 5.32 Å². The summed E-state index contributed by atoms with van der Waals surface area (Å²) >= 11 is 0. The van der Waals surface area contributed by atoms with Crippen molar-refractivity contribution < 1.29 is 19.1 Å². The van der Waals surface area contributed by atoms with Crippen LogP contribution in [0, 0.1) is 0 Å². The summed E-state index contributed by atoms with van der Waals surface area (Å²) in [6.45, 7) is 2.98. The molecule has 0 aromatic rings. The van der Waals surface area contributed by atoms with Crippen LogP contribution in [0.25, 0.3) is 0 Å². The molecule has 1 aliphatic rings. The number of imide groups is 1. The number of carbonyl (C=O) groups is 3. The second kappa shape index (κ2) is 3.98. The predicted molar refractivity (Wildman–Crippen MR) is 50.8 cm³/mol. The van der Waals surface area contributed by atoms with E-state index in [0.717, 1.165) is 0 Å². The average Bonchev–Trinajstić information content (AvgIpc) is 2.15. The van der Waals surface area contributed by atoms with Crippen molar-refractivity contribution >= 4 is 17.7 Å². The van der Waals surface area contributed by atoms with Crippen LogP contribution < -0.4 is 5.32 Å². The first kappa shape index (κ1) is 11.6. The van der Waals surface area contributed by atoms with E-state index in [1.165, 1.54) is 12.0 Å². The van der Waals surface area contributed by atoms with Gasteiger partial charge in [-0.3, -0.25) is 19.7 Å². The molecule has 0 unspecified atom stereocenters. The number of rotatable bonds is 2. The third-order valence-corrected chi connectivity index (χ3v) is 2.26. The smallest absolute Gasteiger partial charge is 0.255 e. The Kier molecular flexibility index (Phi) is 3.09. The summed E-state index contributed by atoms with van der Waals surface area (Å²) in [7, 11) is 1.41. The first-order chi connectivity index (χ1) is 6.86. The minimum absolute atomic E-state index is 0.0998. The van der Waals surface area contributed by atoms with Crippen LogP contribution >= 0.6 is 0 Å². The van der Waals surface area contributed by atoms with Gasteiger partial charge in [0.05, 0.1) is 0 Å². The predicted octanol–water partition coefficient (Wildman–Crippen LogP) is -1.10. The summed E-state index contributed by atoms with van der Waals surface area (Å²) in [5, 5.41) is 2.12. The molecule has 1 rings (SSSR count). The standard InChI is InChI=1S/C9H14N2O4/c1-9(2,15-3)8(14)11-4-6(12)10-7(13)5-11/h4-5H2,1-3H3,(H,10,12,13). The van der Waals surface area contributed by atoms with Crippen LogP contribution in [0.4, 0.5) is 0 Å². The molecule has 15 heavy (non-hydrogen) atoms. The minimum Gasteiger partial charge on any atom is -0.369 e. The van der Waals surface area contributed by atoms with E-state index in [9.17, 15) is 14.4 Å². The van der Waals surface area contributed by atoms with Gasteiger partial charge in [0, 0.05) is 7.11 Å². The molecule has 0 aromatic heterocycles. The topological polar surface area (TPSA) is 75.7 Å². The summed E-state index contributed by atoms with van der Waals surface area (Å²) in [5.74, 6) is -1.30. The number of methoxy groups -OCH3 is 1. The lowest BCUT2D eigenvalue weighted by Crippen LogP contribution is -2.57. The Hall–Kier alpha value is -1.43. The summed E-state index contributed by atoms with van der Waals surface area (Å²) in [6, 6.07) is 0. The van der Waals surface area contributed by atoms with Crippen molar-refractivity contribution in [2.24, 2.45) is 0 Å². The zero-order chi connectivity index (χ0) is 11.6. The number of piperazine rings is 1. The maximum atomic E-state index is 11.8. The van der Waals surface area contributed by atoms with Crippen LogP contribution in [0.2, 0.25) is 0 Å². The molecule has 0 radical (unpaired) electrons. The maximum absolute atomic E-state index is 11.8. The molecular weight excluding hydrogens is 200 g/mol. The molecule has 1 aliphatic heterocycles. The number of amides is 3. The second-order valence-corrected chi connectivity index (χ2v) is 3.85. The van der Waals surface area contributed by atoms with Crippen LogP contribution in [-0.4, -0.2) is 48.4 Å². The third kappa shape index (κ3) is 2.53. The molecule has 0 spiro atoms. The van der Waals surface area contributed by atoms with E-state index in [1.807, 2.05) is 0 Å². The van der Waals surface area contributed by atoms with Gasteiger partial charge >= 0.3 is 0 Å². The SMILES string of the molecule is COC(C)(C)C(=O)N1CC(=O)NC(=O)C1. The number of nitrogens with zero attached hydrogens (tertiary/aromatic N) is 1. The molecule has 1 heterocycles. The molecule has 1 N–H and O–H groups in total. The molecule has 0 aromatic carbocycles. The number of nitrogens with one attached hydrogen (secondary N) is 1. The van der Waals surface area contributed by atoms with Crippen molar-refractivity contribution in [3.8, 4) is 0 Å². The van der Waals surface area contributed by atoms with Crippen LogP contribution in [0.15, 0.2) is 0 Å². The normalized spacial score (nSPS) is 17.7. The molecule has 0 atom stereocenters. The van der Waals surface area contributed by atoms with Gasteiger partial charge in [0.15, 0.2) is 0 Å². The molecule has 3 amide bonds. The summed E-state index contributed by atoms with van der Waals surface area (Å²) in [4.78, 5) is 35.1. The van der Waals surface area contributed by atoms with E-state index in [-0.39, 0.29) is 19.0 Å². The van der Waals surface area contributed by atoms with Crippen molar-refractivity contribution in [2.45, 2.75) is 19.4 Å². The van der Waals surface area contributed by atoms with E-state index in [1.54, 1.807) is 13.8 Å². The van der Waals surface area contributed by atoms with E-state index in [0.29, 0.717) is 0 Å². The lowest BCUT2D eigenvalue weighted by molar-refractivity contribution is -0.157. The minimum atomic E-state index is -1.02. The highest BCUT2D eigenvalue weighted by atomic mass is 16.5. The zero-order valence-corrected chi connectivity index (χ0v) is 8.99. The van der Waals surface area contributed by atoms with Crippen molar-refractivity contribution in [1.82, 2.24) is 10.2 Å². The molecule has 6 heteroatoms. The van der Waals surface area contributed by atoms with Crippen LogP contribution in [-0.2, 0) is 19.1 Å². The van der Waals surface area contributed by atoms with E-state index in [4.69, 9.17) is 4.74 Å². The fourth-order valence-electron chi connectivity index (χ4n) is 1.25. The first-order valence-electron chi connectivity index (χ1n) is 4.54. The van der Waals surface area contributed by atoms with Crippen molar-refractivity contribution in [3.05, 3.63) is 0 Å². The number of carbonyl (C=O) groups excluding carboxylic acids is 3. The number of ether oxygens (including phenoxy) is 1. The van der Waals surface area contributed by atoms with Gasteiger partial charge in [0.25, 0.3) is 5.91 Å². The molecule has 0 bridgehead atoms. The molecule has 0 saturated carbocycles. The van der Waals surface area contributed by atoms with Gasteiger partial charge in [-0.1, -0.05) is 0 Å². The van der Waals surface area contributed by atoms with E-state index < -0.39 is 17.4 Å². The first-order valence-corrected chi connectivity index (χ1v) is 4.54. The quantitative estimate of drug-likeness (QED) is 0.592. The maximum Gasteiger partial charge on any atom is 0.255 e. The van der Waals surface area contributed by atoms with Gasteiger partial charge in [-0.15, -0.1) is 0 Å². The Morgan fingerprint density at radius 3 is 2.20 bits per heavy atom. The number of hydrogen-bond acceptors (Lipinski definition) is 4. The van der Waals surface area contributed by atoms with Crippen LogP contribution in [0.5, 0.6) is 0 Å². The molecule has 1 fully saturated rings. The van der Waals surface area contributed by atoms with Crippen molar-refractivity contribution in [2.75, 3.05) is 20.2 Å². The summed E-state index contributed by atoms with van der Waals surface area (Å²) in [5.41, 5.74) is -1.02. The third-order valence-electron chi connectivity index (χ3n) is 2.26. The lowest BCUT2D eigenvalue weighted by atomic mass is 10.1. The fourth-order valence-corrected chi connectivity index (χ4v) is 1.25. The molecule has 6 nitrogen and oxygen atoms in total. The Morgan fingerprint density at radius 1 is 1.33 bits per heavy atom. The molecule has 84 valence electrons. The molecule has 0 aliphatic carbocycles. The highest BCUT2D eigenvalue weighted by Crippen LogP contribution is 2.12. The summed E-state index contributed by atoms with van der Waals surface area (Å²) in [6.07, 6.45) is 0. The second-order valence-electron chi connectivity index (χ2n) is 3.85. The van der Waals surface area contributed by atoms with Gasteiger partial charge in [-0.25, -0.2) is 0 Å². The summed E-state index contributed by atoms with van der Waals surface area (Å²) < 4.78 is 4.99. The Morgan fingerprint density at radius 2 is 1.80 bits per heavy atom. The highest BCUT2D eigenvalue weighted by molar-refractivity contribution is 6.03. The van der Waals surface area contributed by atoms with Crippen molar-refractivity contribution in [3.63, 3.8) is 0 Å². The molecular formula is C9H14N2O4. The Labute approximate surface area is 87.6 Å². The highest BCUT2D eigenvalue weighted by Gasteiger charge is 2.36. The Bertz CT molecular complexity index is 295. The average molecular weight is 214 g/mol. The van der Waals surface area contributed by atoms with Crippen LogP contribution in [0.3, 0.4) is 0 Å². The monoisotopic (exact) mass is 214 g/mol. The Balaban J connectivity index is 2.76. The zero-order valence-electron chi connectivity index (χ0n) is 8.99. The molecule has 1 saturated heterocycles. The lowest BCUT2D eigenvalue weighted by Gasteiger charge is -2.32. The van der Waals surface area contributed by atoms with Gasteiger partial charge in [-0.2, -0.15) is 0 Å². The van der Waals surface area contributed by atoms with Crippen LogP contribution in [0.1, 0.15) is 13.8 Å². The van der Waals surface area contributed by atoms with Crippen molar-refractivity contribution in [1.29, 1.82) is 0 Å².